The largest absolute Gasteiger partial charge is 0.464 e. The molecular formula is C15H22N2O. The minimum Gasteiger partial charge on any atom is -0.464 e. The van der Waals surface area contributed by atoms with E-state index in [-0.39, 0.29) is 0 Å². The lowest BCUT2D eigenvalue weighted by Gasteiger charge is -2.07. The minimum atomic E-state index is 0.711. The minimum absolute atomic E-state index is 0.711. The van der Waals surface area contributed by atoms with E-state index in [9.17, 15) is 0 Å². The highest BCUT2D eigenvalue weighted by molar-refractivity contribution is 5.80. The normalized spacial score (nSPS) is 11.5. The Hall–Kier alpha value is -1.32. The van der Waals surface area contributed by atoms with Crippen molar-refractivity contribution in [2.45, 2.75) is 20.4 Å². The van der Waals surface area contributed by atoms with Crippen molar-refractivity contribution in [3.63, 3.8) is 0 Å². The summed E-state index contributed by atoms with van der Waals surface area (Å²) in [5.41, 5.74) is 2.20. The number of nitrogens with one attached hydrogen (secondary N) is 2. The molecule has 0 bridgehead atoms. The fourth-order valence-corrected chi connectivity index (χ4v) is 1.96. The van der Waals surface area contributed by atoms with E-state index in [0.29, 0.717) is 5.92 Å². The van der Waals surface area contributed by atoms with Crippen molar-refractivity contribution >= 4 is 11.0 Å². The number of hydrogen-bond donors (Lipinski definition) is 2. The van der Waals surface area contributed by atoms with Crippen LogP contribution in [0, 0.1) is 5.92 Å². The van der Waals surface area contributed by atoms with Gasteiger partial charge in [-0.3, -0.25) is 0 Å². The lowest BCUT2D eigenvalue weighted by molar-refractivity contribution is 0.534. The third-order valence-corrected chi connectivity index (χ3v) is 2.91. The quantitative estimate of drug-likeness (QED) is 0.738. The second-order valence-electron chi connectivity index (χ2n) is 5.03. The van der Waals surface area contributed by atoms with Crippen molar-refractivity contribution in [1.82, 2.24) is 10.6 Å². The fraction of sp³-hybridized carbons (Fsp3) is 0.467. The van der Waals surface area contributed by atoms with E-state index in [2.05, 4.69) is 30.5 Å². The van der Waals surface area contributed by atoms with Crippen LogP contribution >= 0.6 is 0 Å². The molecule has 98 valence electrons. The molecule has 1 heterocycles. The summed E-state index contributed by atoms with van der Waals surface area (Å²) >= 11 is 0. The van der Waals surface area contributed by atoms with Gasteiger partial charge in [-0.05, 0) is 18.5 Å². The standard InChI is InChI=1S/C15H22N2O/c1-12(2)9-16-7-8-17-10-13-11-18-15-6-4-3-5-14(13)15/h3-6,11-12,16-17H,7-10H2,1-2H3. The van der Waals surface area contributed by atoms with Crippen molar-refractivity contribution in [1.29, 1.82) is 0 Å². The summed E-state index contributed by atoms with van der Waals surface area (Å²) in [7, 11) is 0. The molecule has 0 aliphatic carbocycles. The van der Waals surface area contributed by atoms with Crippen LogP contribution in [0.5, 0.6) is 0 Å². The lowest BCUT2D eigenvalue weighted by atomic mass is 10.2. The smallest absolute Gasteiger partial charge is 0.134 e. The maximum Gasteiger partial charge on any atom is 0.134 e. The second kappa shape index (κ2) is 6.57. The monoisotopic (exact) mass is 246 g/mol. The molecule has 18 heavy (non-hydrogen) atoms. The van der Waals surface area contributed by atoms with E-state index in [1.165, 1.54) is 10.9 Å². The van der Waals surface area contributed by atoms with Gasteiger partial charge in [0.1, 0.15) is 5.58 Å². The van der Waals surface area contributed by atoms with Crippen LogP contribution in [0.25, 0.3) is 11.0 Å². The number of hydrogen-bond acceptors (Lipinski definition) is 3. The predicted octanol–water partition coefficient (Wildman–Crippen LogP) is 2.77. The number of fused-ring (bicyclic) bond motifs is 1. The van der Waals surface area contributed by atoms with E-state index >= 15 is 0 Å². The molecule has 0 unspecified atom stereocenters. The van der Waals surface area contributed by atoms with Gasteiger partial charge in [-0.2, -0.15) is 0 Å². The first-order valence-electron chi connectivity index (χ1n) is 6.64. The van der Waals surface area contributed by atoms with Crippen LogP contribution in [-0.4, -0.2) is 19.6 Å². The summed E-state index contributed by atoms with van der Waals surface area (Å²) in [6.07, 6.45) is 1.85. The Morgan fingerprint density at radius 1 is 1.11 bits per heavy atom. The first-order chi connectivity index (χ1) is 8.77. The molecule has 3 nitrogen and oxygen atoms in total. The van der Waals surface area contributed by atoms with Gasteiger partial charge in [-0.15, -0.1) is 0 Å². The van der Waals surface area contributed by atoms with Crippen LogP contribution in [0.1, 0.15) is 19.4 Å². The Bertz CT molecular complexity index is 476. The first-order valence-corrected chi connectivity index (χ1v) is 6.64. The lowest BCUT2D eigenvalue weighted by Crippen LogP contribution is -2.29. The summed E-state index contributed by atoms with van der Waals surface area (Å²) in [4.78, 5) is 0. The molecular weight excluding hydrogens is 224 g/mol. The molecule has 2 N–H and O–H groups in total. The molecule has 2 aromatic rings. The molecule has 1 aromatic carbocycles. The van der Waals surface area contributed by atoms with Crippen molar-refractivity contribution in [3.05, 3.63) is 36.1 Å². The summed E-state index contributed by atoms with van der Waals surface area (Å²) in [6, 6.07) is 8.15. The van der Waals surface area contributed by atoms with Crippen LogP contribution in [0.2, 0.25) is 0 Å². The van der Waals surface area contributed by atoms with E-state index in [0.717, 1.165) is 31.8 Å². The Balaban J connectivity index is 1.74. The highest BCUT2D eigenvalue weighted by Crippen LogP contribution is 2.20. The van der Waals surface area contributed by atoms with Crippen LogP contribution in [-0.2, 0) is 6.54 Å². The Morgan fingerprint density at radius 2 is 1.89 bits per heavy atom. The molecule has 0 aliphatic rings. The molecule has 0 spiro atoms. The maximum atomic E-state index is 5.50. The van der Waals surface area contributed by atoms with Crippen molar-refractivity contribution in [2.75, 3.05) is 19.6 Å². The van der Waals surface area contributed by atoms with E-state index in [1.54, 1.807) is 0 Å². The number of para-hydroxylation sites is 1. The summed E-state index contributed by atoms with van der Waals surface area (Å²) in [5.74, 6) is 0.711. The zero-order valence-electron chi connectivity index (χ0n) is 11.2. The van der Waals surface area contributed by atoms with Crippen molar-refractivity contribution in [3.8, 4) is 0 Å². The van der Waals surface area contributed by atoms with Gasteiger partial charge in [-0.1, -0.05) is 32.0 Å². The van der Waals surface area contributed by atoms with Gasteiger partial charge < -0.3 is 15.1 Å². The average Bonchev–Trinajstić information content (AvgIpc) is 2.77. The number of benzene rings is 1. The molecule has 3 heteroatoms. The Labute approximate surface area is 109 Å². The zero-order valence-corrected chi connectivity index (χ0v) is 11.2. The van der Waals surface area contributed by atoms with Gasteiger partial charge >= 0.3 is 0 Å². The molecule has 0 fully saturated rings. The zero-order chi connectivity index (χ0) is 12.8. The van der Waals surface area contributed by atoms with Crippen LogP contribution < -0.4 is 10.6 Å². The van der Waals surface area contributed by atoms with Crippen molar-refractivity contribution < 1.29 is 4.42 Å². The molecule has 0 saturated heterocycles. The van der Waals surface area contributed by atoms with Crippen LogP contribution in [0.3, 0.4) is 0 Å². The highest BCUT2D eigenvalue weighted by atomic mass is 16.3. The van der Waals surface area contributed by atoms with Gasteiger partial charge in [0.05, 0.1) is 6.26 Å². The molecule has 0 atom stereocenters. The topological polar surface area (TPSA) is 37.2 Å². The summed E-state index contributed by atoms with van der Waals surface area (Å²) in [6.45, 7) is 8.37. The predicted molar refractivity (Wildman–Crippen MR) is 75.6 cm³/mol. The molecule has 2 rings (SSSR count). The van der Waals surface area contributed by atoms with Gasteiger partial charge in [0, 0.05) is 30.6 Å². The summed E-state index contributed by atoms with van der Waals surface area (Å²) < 4.78 is 5.50. The molecule has 0 radical (unpaired) electrons. The van der Waals surface area contributed by atoms with E-state index < -0.39 is 0 Å². The van der Waals surface area contributed by atoms with Crippen molar-refractivity contribution in [2.24, 2.45) is 5.92 Å². The molecule has 0 aliphatic heterocycles. The van der Waals surface area contributed by atoms with E-state index in [1.807, 2.05) is 24.5 Å². The Morgan fingerprint density at radius 3 is 2.72 bits per heavy atom. The van der Waals surface area contributed by atoms with Gasteiger partial charge in [-0.25, -0.2) is 0 Å². The van der Waals surface area contributed by atoms with Crippen LogP contribution in [0.4, 0.5) is 0 Å². The maximum absolute atomic E-state index is 5.50. The Kier molecular flexibility index (Phi) is 4.79. The number of furan rings is 1. The number of rotatable bonds is 7. The molecule has 1 aromatic heterocycles. The third-order valence-electron chi connectivity index (χ3n) is 2.91. The highest BCUT2D eigenvalue weighted by Gasteiger charge is 2.03. The SMILES string of the molecule is CC(C)CNCCNCc1coc2ccccc12. The second-order valence-corrected chi connectivity index (χ2v) is 5.03. The molecule has 0 saturated carbocycles. The van der Waals surface area contributed by atoms with Gasteiger partial charge in [0.2, 0.25) is 0 Å². The first kappa shape index (κ1) is 13.1. The third kappa shape index (κ3) is 3.59. The van der Waals surface area contributed by atoms with Crippen LogP contribution in [0.15, 0.2) is 34.9 Å². The van der Waals surface area contributed by atoms with Gasteiger partial charge in [0.15, 0.2) is 0 Å². The van der Waals surface area contributed by atoms with Gasteiger partial charge in [0.25, 0.3) is 0 Å². The average molecular weight is 246 g/mol. The summed E-state index contributed by atoms with van der Waals surface area (Å²) in [5, 5.41) is 8.06. The molecule has 0 amide bonds. The fourth-order valence-electron chi connectivity index (χ4n) is 1.96. The van der Waals surface area contributed by atoms with E-state index in [4.69, 9.17) is 4.42 Å².